The van der Waals surface area contributed by atoms with E-state index in [0.717, 1.165) is 26.5 Å². The lowest BCUT2D eigenvalue weighted by Gasteiger charge is -2.43. The predicted molar refractivity (Wildman–Crippen MR) is 354 cm³/mol. The summed E-state index contributed by atoms with van der Waals surface area (Å²) in [7, 11) is 11.1. The molecule has 3 N–H and O–H groups in total. The van der Waals surface area contributed by atoms with Crippen LogP contribution in [0.5, 0.6) is 0 Å². The van der Waals surface area contributed by atoms with E-state index in [0.29, 0.717) is 0 Å². The van der Waals surface area contributed by atoms with Crippen LogP contribution in [0, 0.1) is 41.4 Å². The molecular weight excluding hydrogens is 1200 g/mol. The van der Waals surface area contributed by atoms with Crippen LogP contribution < -0.4 is 16.0 Å². The minimum Gasteiger partial charge on any atom is -0.463 e. The number of rotatable bonds is 18. The number of esters is 2. The molecule has 0 unspecified atom stereocenters. The highest BCUT2D eigenvalue weighted by atomic mass is 16.5. The molecule has 0 bridgehead atoms. The Morgan fingerprint density at radius 2 is 0.903 bits per heavy atom. The van der Waals surface area contributed by atoms with E-state index < -0.39 is 174 Å². The number of nitrogens with one attached hydrogen (secondary N) is 3. The molecule has 0 spiro atoms. The van der Waals surface area contributed by atoms with Gasteiger partial charge in [0.15, 0.2) is 0 Å². The number of ether oxygens (including phenoxy) is 2. The molecule has 1 heterocycles. The number of carbonyl (C=O) groups excluding carboxylic acids is 13. The maximum absolute atomic E-state index is 15.6. The van der Waals surface area contributed by atoms with Gasteiger partial charge in [0.2, 0.25) is 65.0 Å². The van der Waals surface area contributed by atoms with Crippen LogP contribution in [0.25, 0.3) is 0 Å². The third kappa shape index (κ3) is 24.0. The minimum absolute atomic E-state index is 0.00350. The fourth-order valence-corrected chi connectivity index (χ4v) is 11.6. The summed E-state index contributed by atoms with van der Waals surface area (Å²) in [6.07, 6.45) is 2.87. The Labute approximate surface area is 554 Å². The van der Waals surface area contributed by atoms with Crippen molar-refractivity contribution in [2.24, 2.45) is 41.4 Å². The van der Waals surface area contributed by atoms with Crippen LogP contribution >= 0.6 is 0 Å². The van der Waals surface area contributed by atoms with Crippen LogP contribution in [-0.2, 0) is 71.8 Å². The summed E-state index contributed by atoms with van der Waals surface area (Å²) in [5, 5.41) is 8.10. The second kappa shape index (κ2) is 38.3. The SMILES string of the molecule is C/C=C/C[C@@H](C)[C@@H](OC(C)=O)[C@H]1C(=O)N(C)[C@@H](CC)C(=O)N(C)CC(=O)N(C)[C@@H](CC(C)C)C(=O)N[C@@H](C(C)C)C(=O)N(C)[C@@H](CC(C)C)C(=O)N[C@@H](C)C(=O)N[C@H](COC(C)=O)C(=O)N(C)[C@@H](CC(C)C)C(=O)N(C)[C@@H](CC(C)C)C(=O)N(C)[C@@H](C(C)C)C(=O)N1C. The standard InChI is InChI=1S/C67H117N11O15/c1-27-29-30-43(15)57(93-46(18)80)56-67(91)73(21)48(28-2)62(86)71(19)35-53(81)72(20)49(31-37(3)4)60(84)70-54(41(11)12)65(89)74(22)50(32-38(5)6)59(83)68-44(16)58(82)69-47(36-92-45(17)79)61(85)75(23)51(33-39(7)8)63(87)76(24)52(34-40(9)10)64(88)77(25)55(42(13)14)66(90)78(56)26/h27,29,37-44,47-52,54-57H,28,30-36H2,1-26H3,(H,68,83)(H,69,82)(H,70,84)/b29-27+/t43-,44+,47-,48+,49+,50+,51+,52+,54+,55+,56+,57-/m1/s1. The largest absolute Gasteiger partial charge is 0.463 e. The van der Waals surface area contributed by atoms with Gasteiger partial charge in [-0.3, -0.25) is 62.3 Å². The normalized spacial score (nSPS) is 25.6. The van der Waals surface area contributed by atoms with Crippen molar-refractivity contribution in [3.63, 3.8) is 0 Å². The Balaban J connectivity index is 4.61. The van der Waals surface area contributed by atoms with Gasteiger partial charge in [0.1, 0.15) is 73.1 Å². The summed E-state index contributed by atoms with van der Waals surface area (Å²) in [4.78, 5) is 199. The van der Waals surface area contributed by atoms with E-state index in [1.54, 1.807) is 54.5 Å². The maximum atomic E-state index is 15.6. The Morgan fingerprint density at radius 1 is 0.484 bits per heavy atom. The van der Waals surface area contributed by atoms with Crippen molar-refractivity contribution in [1.82, 2.24) is 55.1 Å². The molecule has 0 aliphatic carbocycles. The molecule has 1 aliphatic heterocycles. The number of carbonyl (C=O) groups is 13. The summed E-state index contributed by atoms with van der Waals surface area (Å²) in [6.45, 7) is 29.0. The van der Waals surface area contributed by atoms with Gasteiger partial charge in [-0.15, -0.1) is 0 Å². The van der Waals surface area contributed by atoms with Gasteiger partial charge in [-0.25, -0.2) is 0 Å². The van der Waals surface area contributed by atoms with Gasteiger partial charge in [-0.1, -0.05) is 109 Å². The quantitative estimate of drug-likeness (QED) is 0.130. The number of likely N-dealkylation sites (N-methyl/N-ethyl adjacent to an activating group) is 8. The lowest BCUT2D eigenvalue weighted by atomic mass is 9.90. The average molecular weight is 1320 g/mol. The molecule has 0 aromatic rings. The van der Waals surface area contributed by atoms with Gasteiger partial charge in [-0.2, -0.15) is 0 Å². The highest BCUT2D eigenvalue weighted by molar-refractivity contribution is 6.00. The predicted octanol–water partition coefficient (Wildman–Crippen LogP) is 3.73. The smallest absolute Gasteiger partial charge is 0.303 e. The third-order valence-corrected chi connectivity index (χ3v) is 17.1. The molecule has 11 amide bonds. The minimum atomic E-state index is -1.62. The van der Waals surface area contributed by atoms with E-state index >= 15 is 19.2 Å². The van der Waals surface area contributed by atoms with Gasteiger partial charge in [0.05, 0.1) is 6.54 Å². The molecule has 1 fully saturated rings. The van der Waals surface area contributed by atoms with Crippen molar-refractivity contribution in [2.75, 3.05) is 69.5 Å². The van der Waals surface area contributed by atoms with Gasteiger partial charge >= 0.3 is 11.9 Å². The molecule has 1 rings (SSSR count). The average Bonchev–Trinajstić information content (AvgIpc) is 0.799. The van der Waals surface area contributed by atoms with Gasteiger partial charge < -0.3 is 64.6 Å². The summed E-state index contributed by atoms with van der Waals surface area (Å²) in [5.41, 5.74) is 0. The summed E-state index contributed by atoms with van der Waals surface area (Å²) in [5.74, 6) is -12.4. The Bertz CT molecular complexity index is 2630. The highest BCUT2D eigenvalue weighted by Gasteiger charge is 2.48. The first-order valence-corrected chi connectivity index (χ1v) is 32.9. The summed E-state index contributed by atoms with van der Waals surface area (Å²) < 4.78 is 11.3. The monoisotopic (exact) mass is 1320 g/mol. The van der Waals surface area contributed by atoms with Crippen LogP contribution in [0.15, 0.2) is 12.2 Å². The maximum Gasteiger partial charge on any atom is 0.303 e. The van der Waals surface area contributed by atoms with Gasteiger partial charge in [0.25, 0.3) is 0 Å². The lowest BCUT2D eigenvalue weighted by molar-refractivity contribution is -0.167. The van der Waals surface area contributed by atoms with Crippen LogP contribution in [-0.4, -0.2) is 252 Å². The van der Waals surface area contributed by atoms with E-state index in [9.17, 15) is 43.2 Å². The molecular formula is C67H117N11O15. The third-order valence-electron chi connectivity index (χ3n) is 17.1. The van der Waals surface area contributed by atoms with Crippen LogP contribution in [0.3, 0.4) is 0 Å². The molecule has 26 nitrogen and oxygen atoms in total. The molecule has 0 radical (unpaired) electrons. The van der Waals surface area contributed by atoms with Crippen LogP contribution in [0.2, 0.25) is 0 Å². The van der Waals surface area contributed by atoms with Crippen molar-refractivity contribution < 1.29 is 71.8 Å². The van der Waals surface area contributed by atoms with Crippen molar-refractivity contribution in [3.8, 4) is 0 Å². The molecule has 26 heteroatoms. The molecule has 1 saturated heterocycles. The first-order valence-electron chi connectivity index (χ1n) is 32.9. The van der Waals surface area contributed by atoms with Gasteiger partial charge in [-0.05, 0) is 93.8 Å². The van der Waals surface area contributed by atoms with E-state index in [4.69, 9.17) is 9.47 Å². The zero-order valence-electron chi connectivity index (χ0n) is 60.9. The molecule has 0 saturated carbocycles. The van der Waals surface area contributed by atoms with Gasteiger partial charge in [0, 0.05) is 70.2 Å². The van der Waals surface area contributed by atoms with E-state index in [1.807, 2.05) is 61.5 Å². The molecule has 1 aliphatic rings. The topological polar surface area (TPSA) is 302 Å². The zero-order valence-corrected chi connectivity index (χ0v) is 60.9. The number of nitrogens with zero attached hydrogens (tertiary/aromatic N) is 8. The summed E-state index contributed by atoms with van der Waals surface area (Å²) >= 11 is 0. The number of amides is 11. The van der Waals surface area contributed by atoms with Crippen molar-refractivity contribution in [3.05, 3.63) is 12.2 Å². The Hall–Kier alpha value is -7.15. The van der Waals surface area contributed by atoms with Crippen molar-refractivity contribution >= 4 is 76.9 Å². The number of hydrogen-bond donors (Lipinski definition) is 3. The number of hydrogen-bond acceptors (Lipinski definition) is 15. The van der Waals surface area contributed by atoms with Crippen molar-refractivity contribution in [1.29, 1.82) is 0 Å². The van der Waals surface area contributed by atoms with Crippen LogP contribution in [0.1, 0.15) is 163 Å². The molecule has 93 heavy (non-hydrogen) atoms. The van der Waals surface area contributed by atoms with Crippen LogP contribution in [0.4, 0.5) is 0 Å². The van der Waals surface area contributed by atoms with E-state index in [1.165, 1.54) is 89.8 Å². The first-order chi connectivity index (χ1) is 42.9. The summed E-state index contributed by atoms with van der Waals surface area (Å²) in [6, 6.07) is -13.4. The fraction of sp³-hybridized carbons (Fsp3) is 0.776. The van der Waals surface area contributed by atoms with E-state index in [-0.39, 0.29) is 62.2 Å². The lowest BCUT2D eigenvalue weighted by Crippen LogP contribution is -2.64. The van der Waals surface area contributed by atoms with Crippen molar-refractivity contribution in [2.45, 2.75) is 230 Å². The van der Waals surface area contributed by atoms with E-state index in [2.05, 4.69) is 16.0 Å². The number of allylic oxidation sites excluding steroid dienone is 2. The highest BCUT2D eigenvalue weighted by Crippen LogP contribution is 2.28. The molecule has 530 valence electrons. The molecule has 0 aromatic carbocycles. The zero-order chi connectivity index (χ0) is 72.1. The second-order valence-electron chi connectivity index (χ2n) is 27.7. The fourth-order valence-electron chi connectivity index (χ4n) is 11.6. The Morgan fingerprint density at radius 3 is 1.34 bits per heavy atom. The Kier molecular flexibility index (Phi) is 34.5. The molecule has 12 atom stereocenters. The second-order valence-corrected chi connectivity index (χ2v) is 27.7. The molecule has 0 aromatic heterocycles. The first kappa shape index (κ1) is 83.9.